The van der Waals surface area contributed by atoms with Crippen LogP contribution < -0.4 is 0 Å². The van der Waals surface area contributed by atoms with Gasteiger partial charge in [-0.2, -0.15) is 0 Å². The molecule has 8 nitrogen and oxygen atoms in total. The molecule has 3 atom stereocenters. The fraction of sp³-hybridized carbons (Fsp3) is 0.667. The molecule has 0 bridgehead atoms. The summed E-state index contributed by atoms with van der Waals surface area (Å²) in [5, 5.41) is 0. The number of carbonyl (C=O) groups excluding carboxylic acids is 2. The standard InChI is InChI=1S/C24H32O8/c25-22(18-7-2-1-3-8-18)24(31-16-20-10-5-13-28-20,32-17-21-11-6-14-29-21)23(26)30-15-19-9-4-12-27-19/h1-3,7-8,19-21H,4-6,9-17H2. The number of Topliss-reactive ketones (excluding diaryl/α,β-unsaturated/α-hetero) is 1. The van der Waals surface area contributed by atoms with Gasteiger partial charge in [-0.05, 0) is 38.5 Å². The monoisotopic (exact) mass is 448 g/mol. The number of benzene rings is 1. The number of carbonyl (C=O) groups is 2. The lowest BCUT2D eigenvalue weighted by atomic mass is 10.0. The molecule has 3 saturated heterocycles. The number of esters is 1. The maximum Gasteiger partial charge on any atom is 0.375 e. The molecule has 176 valence electrons. The molecular formula is C24H32O8. The van der Waals surface area contributed by atoms with E-state index in [1.807, 2.05) is 0 Å². The largest absolute Gasteiger partial charge is 0.459 e. The van der Waals surface area contributed by atoms with Crippen LogP contribution in [0.1, 0.15) is 48.9 Å². The molecule has 4 rings (SSSR count). The van der Waals surface area contributed by atoms with Crippen molar-refractivity contribution in [2.75, 3.05) is 39.6 Å². The zero-order chi connectivity index (χ0) is 22.2. The second-order valence-electron chi connectivity index (χ2n) is 8.44. The Morgan fingerprint density at radius 3 is 1.75 bits per heavy atom. The van der Waals surface area contributed by atoms with Gasteiger partial charge in [0.25, 0.3) is 0 Å². The predicted molar refractivity (Wildman–Crippen MR) is 113 cm³/mol. The first-order valence-corrected chi connectivity index (χ1v) is 11.6. The number of ketones is 1. The summed E-state index contributed by atoms with van der Waals surface area (Å²) in [7, 11) is 0. The average molecular weight is 449 g/mol. The van der Waals surface area contributed by atoms with Crippen LogP contribution in [0, 0.1) is 0 Å². The van der Waals surface area contributed by atoms with Crippen LogP contribution in [0.2, 0.25) is 0 Å². The van der Waals surface area contributed by atoms with E-state index in [9.17, 15) is 9.59 Å². The lowest BCUT2D eigenvalue weighted by molar-refractivity contribution is -0.238. The molecule has 0 radical (unpaired) electrons. The topological polar surface area (TPSA) is 89.5 Å². The maximum atomic E-state index is 13.7. The highest BCUT2D eigenvalue weighted by atomic mass is 16.7. The van der Waals surface area contributed by atoms with Crippen LogP contribution in [0.3, 0.4) is 0 Å². The molecule has 3 aliphatic rings. The van der Waals surface area contributed by atoms with Crippen molar-refractivity contribution in [1.29, 1.82) is 0 Å². The van der Waals surface area contributed by atoms with E-state index in [-0.39, 0.29) is 38.1 Å². The molecule has 32 heavy (non-hydrogen) atoms. The van der Waals surface area contributed by atoms with E-state index in [0.717, 1.165) is 38.5 Å². The normalized spacial score (nSPS) is 27.3. The van der Waals surface area contributed by atoms with Gasteiger partial charge < -0.3 is 28.4 Å². The van der Waals surface area contributed by atoms with Gasteiger partial charge in [0.2, 0.25) is 5.78 Å². The van der Waals surface area contributed by atoms with Gasteiger partial charge in [0.15, 0.2) is 0 Å². The van der Waals surface area contributed by atoms with Gasteiger partial charge in [0.1, 0.15) is 6.61 Å². The minimum atomic E-state index is -2.22. The third-order valence-electron chi connectivity index (χ3n) is 6.02. The summed E-state index contributed by atoms with van der Waals surface area (Å²) < 4.78 is 34.4. The molecule has 0 amide bonds. The lowest BCUT2D eigenvalue weighted by Crippen LogP contribution is -2.55. The van der Waals surface area contributed by atoms with E-state index in [1.165, 1.54) is 0 Å². The first-order chi connectivity index (χ1) is 15.7. The van der Waals surface area contributed by atoms with Gasteiger partial charge in [-0.25, -0.2) is 4.79 Å². The molecule has 0 saturated carbocycles. The minimum absolute atomic E-state index is 0.0508. The Labute approximate surface area is 188 Å². The molecule has 3 fully saturated rings. The van der Waals surface area contributed by atoms with Crippen molar-refractivity contribution in [2.24, 2.45) is 0 Å². The van der Waals surface area contributed by atoms with Crippen molar-refractivity contribution in [1.82, 2.24) is 0 Å². The zero-order valence-electron chi connectivity index (χ0n) is 18.4. The van der Waals surface area contributed by atoms with E-state index in [2.05, 4.69) is 0 Å². The number of hydrogen-bond acceptors (Lipinski definition) is 8. The van der Waals surface area contributed by atoms with Crippen molar-refractivity contribution < 1.29 is 38.0 Å². The van der Waals surface area contributed by atoms with Gasteiger partial charge in [-0.15, -0.1) is 0 Å². The van der Waals surface area contributed by atoms with Crippen LogP contribution >= 0.6 is 0 Å². The highest BCUT2D eigenvalue weighted by Gasteiger charge is 2.52. The quantitative estimate of drug-likeness (QED) is 0.221. The highest BCUT2D eigenvalue weighted by molar-refractivity contribution is 6.14. The molecule has 0 spiro atoms. The van der Waals surface area contributed by atoms with Crippen LogP contribution in [-0.4, -0.2) is 75.5 Å². The molecule has 1 aromatic rings. The fourth-order valence-corrected chi connectivity index (χ4v) is 4.17. The first-order valence-electron chi connectivity index (χ1n) is 11.6. The van der Waals surface area contributed by atoms with Crippen LogP contribution in [0.5, 0.6) is 0 Å². The summed E-state index contributed by atoms with van der Waals surface area (Å²) in [6.45, 7) is 2.07. The van der Waals surface area contributed by atoms with Crippen molar-refractivity contribution >= 4 is 11.8 Å². The molecular weight excluding hydrogens is 416 g/mol. The molecule has 3 aliphatic heterocycles. The maximum absolute atomic E-state index is 13.7. The van der Waals surface area contributed by atoms with Crippen LogP contribution in [-0.2, 0) is 33.2 Å². The summed E-state index contributed by atoms with van der Waals surface area (Å²) in [6.07, 6.45) is 4.56. The molecule has 1 aromatic carbocycles. The Bertz CT molecular complexity index is 714. The summed E-state index contributed by atoms with van der Waals surface area (Å²) in [5.41, 5.74) is 0.307. The van der Waals surface area contributed by atoms with Crippen LogP contribution in [0.4, 0.5) is 0 Å². The van der Waals surface area contributed by atoms with Crippen molar-refractivity contribution in [3.63, 3.8) is 0 Å². The number of ether oxygens (including phenoxy) is 6. The molecule has 3 heterocycles. The van der Waals surface area contributed by atoms with Crippen LogP contribution in [0.25, 0.3) is 0 Å². The van der Waals surface area contributed by atoms with Crippen LogP contribution in [0.15, 0.2) is 30.3 Å². The van der Waals surface area contributed by atoms with Crippen molar-refractivity contribution in [3.05, 3.63) is 35.9 Å². The van der Waals surface area contributed by atoms with E-state index in [0.29, 0.717) is 25.4 Å². The summed E-state index contributed by atoms with van der Waals surface area (Å²) >= 11 is 0. The lowest BCUT2D eigenvalue weighted by Gasteiger charge is -2.32. The SMILES string of the molecule is O=C(OCC1CCCO1)C(OCC1CCCO1)(OCC1CCCO1)C(=O)c1ccccc1. The highest BCUT2D eigenvalue weighted by Crippen LogP contribution is 2.27. The third kappa shape index (κ3) is 5.74. The minimum Gasteiger partial charge on any atom is -0.459 e. The average Bonchev–Trinajstić information content (AvgIpc) is 3.62. The van der Waals surface area contributed by atoms with E-state index >= 15 is 0 Å². The second kappa shape index (κ2) is 11.3. The fourth-order valence-electron chi connectivity index (χ4n) is 4.17. The van der Waals surface area contributed by atoms with Gasteiger partial charge >= 0.3 is 11.8 Å². The number of hydrogen-bond donors (Lipinski definition) is 0. The molecule has 0 N–H and O–H groups in total. The Morgan fingerprint density at radius 1 is 0.781 bits per heavy atom. The third-order valence-corrected chi connectivity index (χ3v) is 6.02. The van der Waals surface area contributed by atoms with Crippen molar-refractivity contribution in [3.8, 4) is 0 Å². The zero-order valence-corrected chi connectivity index (χ0v) is 18.4. The Balaban J connectivity index is 1.56. The van der Waals surface area contributed by atoms with Gasteiger partial charge in [-0.1, -0.05) is 30.3 Å². The van der Waals surface area contributed by atoms with Gasteiger partial charge in [-0.3, -0.25) is 4.79 Å². The molecule has 0 aromatic heterocycles. The summed E-state index contributed by atoms with van der Waals surface area (Å²) in [6, 6.07) is 8.53. The van der Waals surface area contributed by atoms with E-state index < -0.39 is 17.5 Å². The predicted octanol–water partition coefficient (Wildman–Crippen LogP) is 2.68. The molecule has 8 heteroatoms. The van der Waals surface area contributed by atoms with E-state index in [1.54, 1.807) is 30.3 Å². The second-order valence-corrected chi connectivity index (χ2v) is 8.44. The summed E-state index contributed by atoms with van der Waals surface area (Å²) in [4.78, 5) is 27.1. The first kappa shape index (κ1) is 23.3. The molecule has 3 unspecified atom stereocenters. The van der Waals surface area contributed by atoms with Gasteiger partial charge in [0, 0.05) is 25.4 Å². The van der Waals surface area contributed by atoms with E-state index in [4.69, 9.17) is 28.4 Å². The Hall–Kier alpha value is -1.84. The smallest absolute Gasteiger partial charge is 0.375 e. The number of rotatable bonds is 11. The van der Waals surface area contributed by atoms with Gasteiger partial charge in [0.05, 0.1) is 31.5 Å². The summed E-state index contributed by atoms with van der Waals surface area (Å²) in [5.74, 6) is -3.68. The van der Waals surface area contributed by atoms with Crippen molar-refractivity contribution in [2.45, 2.75) is 62.6 Å². The Kier molecular flexibility index (Phi) is 8.26. The Morgan fingerprint density at radius 2 is 1.28 bits per heavy atom. The molecule has 0 aliphatic carbocycles.